The fourth-order valence-corrected chi connectivity index (χ4v) is 3.60. The van der Waals surface area contributed by atoms with Gasteiger partial charge in [0.25, 0.3) is 0 Å². The zero-order valence-corrected chi connectivity index (χ0v) is 18.9. The first kappa shape index (κ1) is 18.5. The lowest BCUT2D eigenvalue weighted by Crippen LogP contribution is -3.00. The van der Waals surface area contributed by atoms with Crippen molar-refractivity contribution in [3.05, 3.63) is 35.8 Å². The quantitative estimate of drug-likeness (QED) is 0.261. The van der Waals surface area contributed by atoms with Crippen LogP contribution in [0.5, 0.6) is 0 Å². The number of unbranched alkanes of at least 4 members (excludes halogenated alkanes) is 13. The topological polar surface area (TPSA) is 0 Å². The number of hydrogen-bond donors (Lipinski definition) is 0. The largest absolute Gasteiger partial charge is 1.00 e. The molecule has 0 saturated heterocycles. The summed E-state index contributed by atoms with van der Waals surface area (Å²) in [6.45, 7) is 3.69. The van der Waals surface area contributed by atoms with E-state index in [4.69, 9.17) is 6.85 Å². The Labute approximate surface area is 184 Å². The van der Waals surface area contributed by atoms with Crippen LogP contribution in [0, 0.1) is 0 Å². The van der Waals surface area contributed by atoms with Crippen LogP contribution in [0.3, 0.4) is 0 Å². The summed E-state index contributed by atoms with van der Waals surface area (Å²) in [5.41, 5.74) is 0.432. The van der Waals surface area contributed by atoms with E-state index >= 15 is 0 Å². The molecule has 1 aromatic carbocycles. The molecule has 0 heterocycles. The average Bonchev–Trinajstić information content (AvgIpc) is 2.74. The maximum Gasteiger partial charge on any atom is 0.104 e. The summed E-state index contributed by atoms with van der Waals surface area (Å²) >= 11 is 0. The minimum Gasteiger partial charge on any atom is -1.00 e. The molecule has 1 rings (SSSR count). The van der Waals surface area contributed by atoms with Crippen molar-refractivity contribution in [3.8, 4) is 0 Å². The molecule has 0 aromatic heterocycles. The molecule has 0 N–H and O–H groups in total. The molecule has 0 aliphatic heterocycles. The summed E-state index contributed by atoms with van der Waals surface area (Å²) in [5.74, 6) is 0. The van der Waals surface area contributed by atoms with Crippen LogP contribution in [0.4, 0.5) is 0 Å². The van der Waals surface area contributed by atoms with Gasteiger partial charge in [0, 0.05) is 5.56 Å². The number of quaternary nitrogens is 1. The predicted molar refractivity (Wildman–Crippen MR) is 117 cm³/mol. The Bertz CT molecular complexity index is 623. The Balaban J connectivity index is 0.00000961. The van der Waals surface area contributed by atoms with Crippen LogP contribution in [0.15, 0.2) is 30.2 Å². The van der Waals surface area contributed by atoms with Gasteiger partial charge in [0.05, 0.1) is 27.5 Å². The lowest BCUT2D eigenvalue weighted by atomic mass is 10.0. The monoisotopic (exact) mass is 400 g/mol. The maximum absolute atomic E-state index is 8.12. The molecule has 0 aliphatic rings. The van der Waals surface area contributed by atoms with E-state index in [2.05, 4.69) is 21.0 Å². The van der Waals surface area contributed by atoms with Crippen LogP contribution in [0.2, 0.25) is 0 Å². The van der Waals surface area contributed by atoms with Crippen molar-refractivity contribution in [1.29, 1.82) is 0 Å². The van der Waals surface area contributed by atoms with E-state index in [1.165, 1.54) is 83.5 Å². The van der Waals surface area contributed by atoms with Crippen LogP contribution in [-0.4, -0.2) is 25.1 Å². The zero-order valence-electron chi connectivity index (χ0n) is 23.1. The number of halogens is 1. The Morgan fingerprint density at radius 1 is 0.667 bits per heavy atom. The van der Waals surface area contributed by atoms with Crippen LogP contribution >= 0.6 is 0 Å². The van der Waals surface area contributed by atoms with Crippen molar-refractivity contribution in [2.75, 3.05) is 20.6 Å². The van der Waals surface area contributed by atoms with Gasteiger partial charge in [-0.3, -0.25) is 0 Å². The van der Waals surface area contributed by atoms with E-state index < -0.39 is 0 Å². The molecule has 0 fully saturated rings. The van der Waals surface area contributed by atoms with Crippen LogP contribution in [-0.2, 0) is 6.54 Å². The lowest BCUT2D eigenvalue weighted by Gasteiger charge is -2.30. The molecule has 1 nitrogen and oxygen atoms in total. The second-order valence-electron chi connectivity index (χ2n) is 8.52. The van der Waals surface area contributed by atoms with Crippen molar-refractivity contribution >= 4 is 0 Å². The Kier molecular flexibility index (Phi) is 12.0. The highest BCUT2D eigenvalue weighted by Crippen LogP contribution is 2.14. The Morgan fingerprint density at radius 2 is 1.07 bits per heavy atom. The Hall–Kier alpha value is -0.530. The van der Waals surface area contributed by atoms with Crippen LogP contribution in [0.25, 0.3) is 0 Å². The molecule has 0 unspecified atom stereocenters. The highest BCUT2D eigenvalue weighted by molar-refractivity contribution is 5.13. The van der Waals surface area contributed by atoms with Crippen LogP contribution in [0.1, 0.15) is 109 Å². The average molecular weight is 401 g/mol. The Morgan fingerprint density at radius 3 is 1.52 bits per heavy atom. The van der Waals surface area contributed by atoms with Gasteiger partial charge in [-0.15, -0.1) is 0 Å². The standard InChI is InChI=1S/C25H46N.ClH/c1-4-5-6-7-8-9-10-11-12-13-14-15-16-20-23-26(2,3)24-25-21-18-17-19-22-25;/h17-19,21-22H,4-16,20,23-24H2,1-3H3;1H/q+1;/p-1/i17D,18D,19D,21D,22D;. The minimum absolute atomic E-state index is 0. The van der Waals surface area contributed by atoms with Crippen molar-refractivity contribution in [3.63, 3.8) is 0 Å². The molecule has 0 spiro atoms. The minimum atomic E-state index is -0.309. The lowest BCUT2D eigenvalue weighted by molar-refractivity contribution is -0.903. The van der Waals surface area contributed by atoms with E-state index in [9.17, 15) is 0 Å². The van der Waals surface area contributed by atoms with Gasteiger partial charge < -0.3 is 16.9 Å². The first-order chi connectivity index (χ1) is 14.7. The smallest absolute Gasteiger partial charge is 0.104 e. The fourth-order valence-electron chi connectivity index (χ4n) is 3.60. The third-order valence-corrected chi connectivity index (χ3v) is 5.25. The maximum atomic E-state index is 8.12. The van der Waals surface area contributed by atoms with E-state index in [1.54, 1.807) is 0 Å². The molecule has 27 heavy (non-hydrogen) atoms. The molecule has 0 bridgehead atoms. The number of rotatable bonds is 17. The first-order valence-electron chi connectivity index (χ1n) is 13.6. The van der Waals surface area contributed by atoms with E-state index in [0.717, 1.165) is 13.0 Å². The normalized spacial score (nSPS) is 14.0. The second-order valence-corrected chi connectivity index (χ2v) is 8.52. The zero-order chi connectivity index (χ0) is 23.3. The number of hydrogen-bond acceptors (Lipinski definition) is 0. The predicted octanol–water partition coefficient (Wildman–Crippen LogP) is 4.75. The van der Waals surface area contributed by atoms with E-state index in [1.807, 2.05) is 0 Å². The first-order valence-corrected chi connectivity index (χ1v) is 11.1. The molecule has 0 saturated carbocycles. The summed E-state index contributed by atoms with van der Waals surface area (Å²) in [6, 6.07) is -0.882. The summed E-state index contributed by atoms with van der Waals surface area (Å²) in [7, 11) is 4.17. The van der Waals surface area contributed by atoms with Gasteiger partial charge in [-0.1, -0.05) is 114 Å². The summed E-state index contributed by atoms with van der Waals surface area (Å²) in [5, 5.41) is 0. The third kappa shape index (κ3) is 16.2. The molecule has 0 atom stereocenters. The van der Waals surface area contributed by atoms with Crippen molar-refractivity contribution < 1.29 is 23.7 Å². The van der Waals surface area contributed by atoms with Crippen LogP contribution < -0.4 is 12.4 Å². The molecule has 0 radical (unpaired) electrons. The van der Waals surface area contributed by atoms with Crippen molar-refractivity contribution in [2.24, 2.45) is 0 Å². The summed E-state index contributed by atoms with van der Waals surface area (Å²) < 4.78 is 40.3. The highest BCUT2D eigenvalue weighted by Gasteiger charge is 2.14. The molecular formula is C25H46ClN. The number of benzene rings is 1. The molecular weight excluding hydrogens is 350 g/mol. The summed E-state index contributed by atoms with van der Waals surface area (Å²) in [6.07, 6.45) is 18.8. The molecule has 1 aromatic rings. The van der Waals surface area contributed by atoms with Gasteiger partial charge in [0.15, 0.2) is 0 Å². The second kappa shape index (κ2) is 17.6. The van der Waals surface area contributed by atoms with Gasteiger partial charge in [-0.2, -0.15) is 0 Å². The van der Waals surface area contributed by atoms with Crippen molar-refractivity contribution in [2.45, 2.75) is 103 Å². The van der Waals surface area contributed by atoms with Gasteiger partial charge in [-0.05, 0) is 12.8 Å². The van der Waals surface area contributed by atoms with E-state index in [0.29, 0.717) is 16.6 Å². The van der Waals surface area contributed by atoms with Gasteiger partial charge in [0.2, 0.25) is 0 Å². The van der Waals surface area contributed by atoms with Gasteiger partial charge >= 0.3 is 0 Å². The fraction of sp³-hybridized carbons (Fsp3) is 0.760. The third-order valence-electron chi connectivity index (χ3n) is 5.25. The number of nitrogens with zero attached hydrogens (tertiary/aromatic N) is 1. The van der Waals surface area contributed by atoms with Crippen molar-refractivity contribution in [1.82, 2.24) is 0 Å². The molecule has 2 heteroatoms. The SMILES string of the molecule is [2H]c1c([2H])c([2H])c(C[N+](C)(C)CCCCCCCCCCCCCCCC)c([2H])c1[2H].[Cl-]. The van der Waals surface area contributed by atoms with E-state index in [-0.39, 0.29) is 42.6 Å². The molecule has 158 valence electrons. The summed E-state index contributed by atoms with van der Waals surface area (Å²) in [4.78, 5) is 0. The molecule has 0 amide bonds. The van der Waals surface area contributed by atoms with Gasteiger partial charge in [-0.25, -0.2) is 0 Å². The molecule has 0 aliphatic carbocycles. The highest BCUT2D eigenvalue weighted by atomic mass is 35.5. The van der Waals surface area contributed by atoms with Gasteiger partial charge in [0.1, 0.15) is 6.54 Å².